The van der Waals surface area contributed by atoms with Gasteiger partial charge >= 0.3 is 6.18 Å². The third kappa shape index (κ3) is 2.84. The van der Waals surface area contributed by atoms with E-state index in [0.717, 1.165) is 31.4 Å². The standard InChI is InChI=1S/C16H18F3NO2/c17-16(18,19)12-6-2-5-11(7-12)14-8-13(21)9-20(14)15(22)10-3-1-4-10/h2,5-7,10,13-14,21H,1,3-4,8-9H2. The second-order valence-electron chi connectivity index (χ2n) is 6.15. The number of amides is 1. The normalized spacial score (nSPS) is 26.1. The summed E-state index contributed by atoms with van der Waals surface area (Å²) < 4.78 is 38.5. The number of aliphatic hydroxyl groups excluding tert-OH is 1. The fraction of sp³-hybridized carbons (Fsp3) is 0.562. The molecule has 2 unspecified atom stereocenters. The van der Waals surface area contributed by atoms with Crippen molar-refractivity contribution in [2.24, 2.45) is 5.92 Å². The lowest BCUT2D eigenvalue weighted by Gasteiger charge is -2.33. The van der Waals surface area contributed by atoms with E-state index in [-0.39, 0.29) is 18.4 Å². The monoisotopic (exact) mass is 313 g/mol. The Balaban J connectivity index is 1.86. The van der Waals surface area contributed by atoms with Gasteiger partial charge in [0.05, 0.1) is 17.7 Å². The van der Waals surface area contributed by atoms with Crippen LogP contribution in [-0.2, 0) is 11.0 Å². The summed E-state index contributed by atoms with van der Waals surface area (Å²) in [4.78, 5) is 14.0. The number of hydrogen-bond donors (Lipinski definition) is 1. The number of aliphatic hydroxyl groups is 1. The van der Waals surface area contributed by atoms with Crippen LogP contribution in [-0.4, -0.2) is 28.6 Å². The summed E-state index contributed by atoms with van der Waals surface area (Å²) >= 11 is 0. The Morgan fingerprint density at radius 3 is 2.59 bits per heavy atom. The van der Waals surface area contributed by atoms with Gasteiger partial charge in [0, 0.05) is 12.5 Å². The van der Waals surface area contributed by atoms with E-state index in [1.807, 2.05) is 0 Å². The largest absolute Gasteiger partial charge is 0.416 e. The highest BCUT2D eigenvalue weighted by Gasteiger charge is 2.40. The molecule has 1 aliphatic heterocycles. The van der Waals surface area contributed by atoms with Crippen molar-refractivity contribution < 1.29 is 23.1 Å². The minimum atomic E-state index is -4.41. The number of halogens is 3. The summed E-state index contributed by atoms with van der Waals surface area (Å²) in [5.74, 6) is -0.0659. The van der Waals surface area contributed by atoms with Gasteiger partial charge in [-0.1, -0.05) is 18.6 Å². The molecule has 1 heterocycles. The number of benzene rings is 1. The molecular formula is C16H18F3NO2. The molecule has 3 nitrogen and oxygen atoms in total. The topological polar surface area (TPSA) is 40.5 Å². The molecule has 22 heavy (non-hydrogen) atoms. The van der Waals surface area contributed by atoms with Crippen LogP contribution in [0.25, 0.3) is 0 Å². The van der Waals surface area contributed by atoms with E-state index >= 15 is 0 Å². The number of β-amino-alcohol motifs (C(OH)–C–C–N with tert-alkyl or cyclic N) is 1. The molecule has 120 valence electrons. The third-order valence-electron chi connectivity index (χ3n) is 4.62. The summed E-state index contributed by atoms with van der Waals surface area (Å²) in [5.41, 5.74) is -0.276. The lowest BCUT2D eigenvalue weighted by molar-refractivity contribution is -0.139. The molecule has 1 aliphatic carbocycles. The molecule has 1 aromatic rings. The number of nitrogens with zero attached hydrogens (tertiary/aromatic N) is 1. The Morgan fingerprint density at radius 2 is 2.00 bits per heavy atom. The first-order valence-corrected chi connectivity index (χ1v) is 7.52. The van der Waals surface area contributed by atoms with Crippen LogP contribution in [0.1, 0.15) is 42.9 Å². The fourth-order valence-electron chi connectivity index (χ4n) is 3.19. The van der Waals surface area contributed by atoms with Crippen molar-refractivity contribution in [3.8, 4) is 0 Å². The molecule has 1 aromatic carbocycles. The van der Waals surface area contributed by atoms with Gasteiger partial charge in [-0.25, -0.2) is 0 Å². The van der Waals surface area contributed by atoms with Gasteiger partial charge < -0.3 is 10.0 Å². The Bertz CT molecular complexity index is 569. The molecule has 1 amide bonds. The zero-order valence-corrected chi connectivity index (χ0v) is 12.0. The van der Waals surface area contributed by atoms with Crippen molar-refractivity contribution in [3.05, 3.63) is 35.4 Å². The number of carbonyl (C=O) groups excluding carboxylic acids is 1. The number of hydrogen-bond acceptors (Lipinski definition) is 2. The van der Waals surface area contributed by atoms with Crippen molar-refractivity contribution in [1.82, 2.24) is 4.90 Å². The second-order valence-corrected chi connectivity index (χ2v) is 6.15. The van der Waals surface area contributed by atoms with Gasteiger partial charge in [0.25, 0.3) is 0 Å². The lowest BCUT2D eigenvalue weighted by atomic mass is 9.84. The molecule has 6 heteroatoms. The maximum Gasteiger partial charge on any atom is 0.416 e. The van der Waals surface area contributed by atoms with Gasteiger partial charge in [0.15, 0.2) is 0 Å². The minimum absolute atomic E-state index is 0.0291. The van der Waals surface area contributed by atoms with Crippen molar-refractivity contribution in [2.45, 2.75) is 44.0 Å². The molecule has 1 N–H and O–H groups in total. The summed E-state index contributed by atoms with van der Waals surface area (Å²) in [6.45, 7) is 0.205. The summed E-state index contributed by atoms with van der Waals surface area (Å²) in [6.07, 6.45) is -2.11. The first-order valence-electron chi connectivity index (χ1n) is 7.52. The predicted octanol–water partition coefficient (Wildman–Crippen LogP) is 3.14. The zero-order valence-electron chi connectivity index (χ0n) is 12.0. The van der Waals surface area contributed by atoms with E-state index in [0.29, 0.717) is 12.0 Å². The second kappa shape index (κ2) is 5.57. The molecular weight excluding hydrogens is 295 g/mol. The molecule has 1 saturated carbocycles. The van der Waals surface area contributed by atoms with Crippen LogP contribution >= 0.6 is 0 Å². The smallest absolute Gasteiger partial charge is 0.391 e. The van der Waals surface area contributed by atoms with Crippen LogP contribution in [0.15, 0.2) is 24.3 Å². The molecule has 0 aromatic heterocycles. The van der Waals surface area contributed by atoms with E-state index in [1.165, 1.54) is 6.07 Å². The Morgan fingerprint density at radius 1 is 1.27 bits per heavy atom. The van der Waals surface area contributed by atoms with Crippen LogP contribution in [0.3, 0.4) is 0 Å². The fourth-order valence-corrected chi connectivity index (χ4v) is 3.19. The quantitative estimate of drug-likeness (QED) is 0.911. The van der Waals surface area contributed by atoms with E-state index < -0.39 is 23.9 Å². The van der Waals surface area contributed by atoms with Crippen LogP contribution < -0.4 is 0 Å². The van der Waals surface area contributed by atoms with Crippen molar-refractivity contribution >= 4 is 5.91 Å². The van der Waals surface area contributed by atoms with E-state index in [9.17, 15) is 23.1 Å². The number of likely N-dealkylation sites (tertiary alicyclic amines) is 1. The maximum atomic E-state index is 12.8. The highest BCUT2D eigenvalue weighted by atomic mass is 19.4. The summed E-state index contributed by atoms with van der Waals surface area (Å²) in [6, 6.07) is 4.59. The number of rotatable bonds is 2. The van der Waals surface area contributed by atoms with Crippen LogP contribution in [0.5, 0.6) is 0 Å². The average Bonchev–Trinajstić information content (AvgIpc) is 2.78. The van der Waals surface area contributed by atoms with Crippen LogP contribution in [0.2, 0.25) is 0 Å². The predicted molar refractivity (Wildman–Crippen MR) is 73.9 cm³/mol. The average molecular weight is 313 g/mol. The Kier molecular flexibility index (Phi) is 3.89. The lowest BCUT2D eigenvalue weighted by Crippen LogP contribution is -2.39. The Labute approximate surface area is 126 Å². The van der Waals surface area contributed by atoms with Crippen molar-refractivity contribution in [1.29, 1.82) is 0 Å². The molecule has 1 saturated heterocycles. The van der Waals surface area contributed by atoms with Crippen LogP contribution in [0.4, 0.5) is 13.2 Å². The van der Waals surface area contributed by atoms with Gasteiger partial charge in [0.2, 0.25) is 5.91 Å². The third-order valence-corrected chi connectivity index (χ3v) is 4.62. The molecule has 3 rings (SSSR count). The zero-order chi connectivity index (χ0) is 15.9. The van der Waals surface area contributed by atoms with Crippen molar-refractivity contribution in [2.75, 3.05) is 6.54 Å². The van der Waals surface area contributed by atoms with Gasteiger partial charge in [-0.3, -0.25) is 4.79 Å². The van der Waals surface area contributed by atoms with Gasteiger partial charge in [-0.15, -0.1) is 0 Å². The highest BCUT2D eigenvalue weighted by Crippen LogP contribution is 2.39. The molecule has 0 radical (unpaired) electrons. The number of carbonyl (C=O) groups is 1. The SMILES string of the molecule is O=C(C1CCC1)N1CC(O)CC1c1cccc(C(F)(F)F)c1. The molecule has 2 aliphatic rings. The molecule has 0 bridgehead atoms. The van der Waals surface area contributed by atoms with Gasteiger partial charge in [0.1, 0.15) is 0 Å². The Hall–Kier alpha value is -1.56. The first kappa shape index (κ1) is 15.3. The van der Waals surface area contributed by atoms with E-state index in [2.05, 4.69) is 0 Å². The van der Waals surface area contributed by atoms with Gasteiger partial charge in [-0.05, 0) is 37.0 Å². The summed E-state index contributed by atoms with van der Waals surface area (Å²) in [7, 11) is 0. The maximum absolute atomic E-state index is 12.8. The van der Waals surface area contributed by atoms with E-state index in [1.54, 1.807) is 11.0 Å². The van der Waals surface area contributed by atoms with Crippen LogP contribution in [0, 0.1) is 5.92 Å². The highest BCUT2D eigenvalue weighted by molar-refractivity contribution is 5.80. The molecule has 2 atom stereocenters. The number of alkyl halides is 3. The van der Waals surface area contributed by atoms with Gasteiger partial charge in [-0.2, -0.15) is 13.2 Å². The summed E-state index contributed by atoms with van der Waals surface area (Å²) in [5, 5.41) is 9.87. The molecule has 2 fully saturated rings. The first-order chi connectivity index (χ1) is 10.4. The minimum Gasteiger partial charge on any atom is -0.391 e. The molecule has 0 spiro atoms. The van der Waals surface area contributed by atoms with Crippen molar-refractivity contribution in [3.63, 3.8) is 0 Å². The van der Waals surface area contributed by atoms with E-state index in [4.69, 9.17) is 0 Å².